The highest BCUT2D eigenvalue weighted by molar-refractivity contribution is 7.13. The Balaban J connectivity index is 2.21. The van der Waals surface area contributed by atoms with E-state index in [2.05, 4.69) is 24.5 Å². The summed E-state index contributed by atoms with van der Waals surface area (Å²) in [5, 5.41) is 6.56. The molecule has 0 aliphatic carbocycles. The van der Waals surface area contributed by atoms with Crippen LogP contribution in [0.15, 0.2) is 23.6 Å². The van der Waals surface area contributed by atoms with E-state index in [4.69, 9.17) is 14.5 Å². The van der Waals surface area contributed by atoms with Crippen molar-refractivity contribution < 1.29 is 9.47 Å². The van der Waals surface area contributed by atoms with Gasteiger partial charge in [-0.2, -0.15) is 0 Å². The predicted molar refractivity (Wildman–Crippen MR) is 87.4 cm³/mol. The lowest BCUT2D eigenvalue weighted by Crippen LogP contribution is -2.19. The van der Waals surface area contributed by atoms with E-state index in [-0.39, 0.29) is 6.04 Å². The molecule has 2 aromatic rings. The van der Waals surface area contributed by atoms with Gasteiger partial charge in [-0.3, -0.25) is 0 Å². The van der Waals surface area contributed by atoms with Gasteiger partial charge >= 0.3 is 0 Å². The molecule has 0 aliphatic rings. The fourth-order valence-corrected chi connectivity index (χ4v) is 2.96. The van der Waals surface area contributed by atoms with Crippen molar-refractivity contribution in [3.05, 3.63) is 29.3 Å². The smallest absolute Gasteiger partial charge is 0.161 e. The fraction of sp³-hybridized carbons (Fsp3) is 0.438. The minimum absolute atomic E-state index is 0.273. The summed E-state index contributed by atoms with van der Waals surface area (Å²) in [4.78, 5) is 4.72. The van der Waals surface area contributed by atoms with Crippen molar-refractivity contribution in [3.63, 3.8) is 0 Å². The molecular formula is C16H22N2O2S. The summed E-state index contributed by atoms with van der Waals surface area (Å²) in [5.41, 5.74) is 2.13. The van der Waals surface area contributed by atoms with Crippen LogP contribution < -0.4 is 14.8 Å². The van der Waals surface area contributed by atoms with E-state index in [1.807, 2.05) is 18.2 Å². The zero-order valence-corrected chi connectivity index (χ0v) is 13.8. The molecular weight excluding hydrogens is 284 g/mol. The lowest BCUT2D eigenvalue weighted by atomic mass is 10.2. The van der Waals surface area contributed by atoms with Gasteiger partial charge in [0, 0.05) is 17.0 Å². The molecule has 1 atom stereocenters. The molecule has 2 rings (SSSR count). The van der Waals surface area contributed by atoms with Gasteiger partial charge in [0.05, 0.1) is 19.9 Å². The van der Waals surface area contributed by atoms with E-state index in [9.17, 15) is 0 Å². The van der Waals surface area contributed by atoms with Crippen LogP contribution in [0.4, 0.5) is 0 Å². The second-order valence-corrected chi connectivity index (χ2v) is 5.68. The average Bonchev–Trinajstić information content (AvgIpc) is 3.01. The SMILES string of the molecule is CCCNC(C)c1csc(-c2ccc(OC)c(OC)c2)n1. The van der Waals surface area contributed by atoms with Crippen LogP contribution in [0.5, 0.6) is 11.5 Å². The third-order valence-electron chi connectivity index (χ3n) is 3.30. The number of thiazole rings is 1. The number of aromatic nitrogens is 1. The highest BCUT2D eigenvalue weighted by Crippen LogP contribution is 2.34. The first kappa shape index (κ1) is 15.8. The van der Waals surface area contributed by atoms with E-state index in [0.717, 1.165) is 40.7 Å². The topological polar surface area (TPSA) is 43.4 Å². The third-order valence-corrected chi connectivity index (χ3v) is 4.21. The summed E-state index contributed by atoms with van der Waals surface area (Å²) in [6.07, 6.45) is 1.12. The van der Waals surface area contributed by atoms with Crippen molar-refractivity contribution in [2.24, 2.45) is 0 Å². The highest BCUT2D eigenvalue weighted by atomic mass is 32.1. The largest absolute Gasteiger partial charge is 0.493 e. The van der Waals surface area contributed by atoms with Crippen LogP contribution in [0, 0.1) is 0 Å². The van der Waals surface area contributed by atoms with Crippen molar-refractivity contribution in [3.8, 4) is 22.1 Å². The maximum atomic E-state index is 5.35. The van der Waals surface area contributed by atoms with Crippen LogP contribution >= 0.6 is 11.3 Å². The Labute approximate surface area is 130 Å². The highest BCUT2D eigenvalue weighted by Gasteiger charge is 2.12. The van der Waals surface area contributed by atoms with Gasteiger partial charge in [-0.15, -0.1) is 11.3 Å². The number of methoxy groups -OCH3 is 2. The maximum Gasteiger partial charge on any atom is 0.161 e. The molecule has 0 saturated heterocycles. The van der Waals surface area contributed by atoms with E-state index >= 15 is 0 Å². The van der Waals surface area contributed by atoms with E-state index in [0.29, 0.717) is 0 Å². The van der Waals surface area contributed by atoms with Crippen LogP contribution in [0.2, 0.25) is 0 Å². The Bertz CT molecular complexity index is 583. The molecule has 0 bridgehead atoms. The molecule has 0 aliphatic heterocycles. The van der Waals surface area contributed by atoms with Gasteiger partial charge in [-0.05, 0) is 38.1 Å². The summed E-state index contributed by atoms with van der Waals surface area (Å²) < 4.78 is 10.6. The van der Waals surface area contributed by atoms with Crippen molar-refractivity contribution >= 4 is 11.3 Å². The van der Waals surface area contributed by atoms with Crippen molar-refractivity contribution in [2.45, 2.75) is 26.3 Å². The number of benzene rings is 1. The number of nitrogens with zero attached hydrogens (tertiary/aromatic N) is 1. The van der Waals surface area contributed by atoms with Gasteiger partial charge in [0.25, 0.3) is 0 Å². The lowest BCUT2D eigenvalue weighted by molar-refractivity contribution is 0.355. The fourth-order valence-electron chi connectivity index (χ4n) is 2.05. The monoisotopic (exact) mass is 306 g/mol. The minimum Gasteiger partial charge on any atom is -0.493 e. The second kappa shape index (κ2) is 7.43. The third kappa shape index (κ3) is 3.74. The molecule has 21 heavy (non-hydrogen) atoms. The predicted octanol–water partition coefficient (Wildman–Crippen LogP) is 3.89. The summed E-state index contributed by atoms with van der Waals surface area (Å²) in [6.45, 7) is 5.31. The molecule has 5 heteroatoms. The van der Waals surface area contributed by atoms with Crippen molar-refractivity contribution in [2.75, 3.05) is 20.8 Å². The molecule has 0 fully saturated rings. The van der Waals surface area contributed by atoms with Crippen LogP contribution in [0.25, 0.3) is 10.6 Å². The summed E-state index contributed by atoms with van der Waals surface area (Å²) in [6, 6.07) is 6.16. The molecule has 1 aromatic carbocycles. The standard InChI is InChI=1S/C16H22N2O2S/c1-5-8-17-11(2)13-10-21-16(18-13)12-6-7-14(19-3)15(9-12)20-4/h6-7,9-11,17H,5,8H2,1-4H3. The Morgan fingerprint density at radius 3 is 2.67 bits per heavy atom. The van der Waals surface area contributed by atoms with E-state index in [1.54, 1.807) is 25.6 Å². The number of hydrogen-bond donors (Lipinski definition) is 1. The quantitative estimate of drug-likeness (QED) is 0.843. The zero-order chi connectivity index (χ0) is 15.2. The minimum atomic E-state index is 0.273. The number of nitrogens with one attached hydrogen (secondary N) is 1. The summed E-state index contributed by atoms with van der Waals surface area (Å²) >= 11 is 1.65. The molecule has 0 saturated carbocycles. The number of hydrogen-bond acceptors (Lipinski definition) is 5. The molecule has 114 valence electrons. The molecule has 0 spiro atoms. The molecule has 4 nitrogen and oxygen atoms in total. The van der Waals surface area contributed by atoms with Gasteiger partial charge in [0.15, 0.2) is 11.5 Å². The first-order chi connectivity index (χ1) is 10.2. The molecule has 1 heterocycles. The van der Waals surface area contributed by atoms with Crippen molar-refractivity contribution in [1.29, 1.82) is 0 Å². The van der Waals surface area contributed by atoms with Gasteiger partial charge in [-0.25, -0.2) is 4.98 Å². The first-order valence-corrected chi connectivity index (χ1v) is 7.98. The Morgan fingerprint density at radius 1 is 1.24 bits per heavy atom. The number of ether oxygens (including phenoxy) is 2. The van der Waals surface area contributed by atoms with Crippen LogP contribution in [-0.4, -0.2) is 25.7 Å². The Kier molecular flexibility index (Phi) is 5.59. The van der Waals surface area contributed by atoms with Gasteiger partial charge in [-0.1, -0.05) is 6.92 Å². The van der Waals surface area contributed by atoms with E-state index in [1.165, 1.54) is 0 Å². The zero-order valence-electron chi connectivity index (χ0n) is 13.0. The van der Waals surface area contributed by atoms with E-state index < -0.39 is 0 Å². The van der Waals surface area contributed by atoms with Gasteiger partial charge < -0.3 is 14.8 Å². The molecule has 1 N–H and O–H groups in total. The van der Waals surface area contributed by atoms with Gasteiger partial charge in [0.2, 0.25) is 0 Å². The van der Waals surface area contributed by atoms with Crippen molar-refractivity contribution in [1.82, 2.24) is 10.3 Å². The van der Waals surface area contributed by atoms with Crippen LogP contribution in [-0.2, 0) is 0 Å². The molecule has 0 amide bonds. The summed E-state index contributed by atoms with van der Waals surface area (Å²) in [7, 11) is 3.28. The molecule has 1 unspecified atom stereocenters. The summed E-state index contributed by atoms with van der Waals surface area (Å²) in [5.74, 6) is 1.46. The lowest BCUT2D eigenvalue weighted by Gasteiger charge is -2.10. The number of rotatable bonds is 7. The molecule has 1 aromatic heterocycles. The normalized spacial score (nSPS) is 12.2. The second-order valence-electron chi connectivity index (χ2n) is 4.82. The maximum absolute atomic E-state index is 5.35. The Hall–Kier alpha value is -1.59. The Morgan fingerprint density at radius 2 is 2.00 bits per heavy atom. The van der Waals surface area contributed by atoms with Crippen LogP contribution in [0.3, 0.4) is 0 Å². The average molecular weight is 306 g/mol. The van der Waals surface area contributed by atoms with Crippen LogP contribution in [0.1, 0.15) is 32.0 Å². The van der Waals surface area contributed by atoms with Gasteiger partial charge in [0.1, 0.15) is 5.01 Å². The first-order valence-electron chi connectivity index (χ1n) is 7.10. The molecule has 0 radical (unpaired) electrons.